The van der Waals surface area contributed by atoms with Crippen LogP contribution in [0.4, 0.5) is 5.69 Å². The Balaban J connectivity index is 1.76. The van der Waals surface area contributed by atoms with E-state index in [1.165, 1.54) is 11.1 Å². The zero-order chi connectivity index (χ0) is 19.7. The summed E-state index contributed by atoms with van der Waals surface area (Å²) in [7, 11) is 0. The molecule has 28 heavy (non-hydrogen) atoms. The summed E-state index contributed by atoms with van der Waals surface area (Å²) in [4.78, 5) is 0. The van der Waals surface area contributed by atoms with Crippen molar-refractivity contribution in [3.8, 4) is 11.5 Å². The van der Waals surface area contributed by atoms with E-state index < -0.39 is 0 Å². The van der Waals surface area contributed by atoms with Crippen molar-refractivity contribution < 1.29 is 14.2 Å². The van der Waals surface area contributed by atoms with Gasteiger partial charge in [0.25, 0.3) is 0 Å². The molecule has 0 amide bonds. The second-order valence-corrected chi connectivity index (χ2v) is 7.91. The molecule has 1 fully saturated rings. The highest BCUT2D eigenvalue weighted by Crippen LogP contribution is 2.50. The van der Waals surface area contributed by atoms with Crippen molar-refractivity contribution in [3.63, 3.8) is 0 Å². The number of aryl methyl sites for hydroxylation is 1. The summed E-state index contributed by atoms with van der Waals surface area (Å²) in [5, 5.41) is 4.34. The first-order valence-electron chi connectivity index (χ1n) is 10.2. The maximum atomic E-state index is 6.60. The molecule has 1 saturated heterocycles. The summed E-state index contributed by atoms with van der Waals surface area (Å²) in [6.45, 7) is 7.98. The first-order chi connectivity index (χ1) is 13.6. The average molecular weight is 402 g/mol. The largest absolute Gasteiger partial charge is 0.490 e. The lowest BCUT2D eigenvalue weighted by atomic mass is 9.77. The van der Waals surface area contributed by atoms with Crippen molar-refractivity contribution in [2.45, 2.75) is 45.8 Å². The standard InChI is InChI=1S/C23H28ClNO3/c1-4-26-20-13-15(12-18(24)23(20)27-5-2)21-16-7-6-10-28-22(16)17-11-14(3)8-9-19(17)25-21/h8-9,11-13,16,21-22,25H,4-7,10H2,1-3H3/t16-,21-,22-/m0/s1. The molecule has 4 rings (SSSR count). The highest BCUT2D eigenvalue weighted by atomic mass is 35.5. The Morgan fingerprint density at radius 2 is 1.96 bits per heavy atom. The van der Waals surface area contributed by atoms with Crippen LogP contribution in [-0.2, 0) is 4.74 Å². The highest BCUT2D eigenvalue weighted by Gasteiger charge is 2.40. The summed E-state index contributed by atoms with van der Waals surface area (Å²) < 4.78 is 17.8. The third kappa shape index (κ3) is 3.56. The Morgan fingerprint density at radius 3 is 2.75 bits per heavy atom. The lowest BCUT2D eigenvalue weighted by Gasteiger charge is -2.43. The second-order valence-electron chi connectivity index (χ2n) is 7.51. The molecule has 1 N–H and O–H groups in total. The first-order valence-corrected chi connectivity index (χ1v) is 10.6. The number of fused-ring (bicyclic) bond motifs is 3. The average Bonchev–Trinajstić information content (AvgIpc) is 2.70. The van der Waals surface area contributed by atoms with Gasteiger partial charge in [0.05, 0.1) is 30.4 Å². The Morgan fingerprint density at radius 1 is 1.14 bits per heavy atom. The summed E-state index contributed by atoms with van der Waals surface area (Å²) in [5.41, 5.74) is 4.78. The van der Waals surface area contributed by atoms with Crippen molar-refractivity contribution in [2.24, 2.45) is 5.92 Å². The van der Waals surface area contributed by atoms with Crippen LogP contribution >= 0.6 is 11.6 Å². The van der Waals surface area contributed by atoms with Gasteiger partial charge in [-0.05, 0) is 57.4 Å². The molecular formula is C23H28ClNO3. The minimum Gasteiger partial charge on any atom is -0.490 e. The molecule has 0 saturated carbocycles. The monoisotopic (exact) mass is 401 g/mol. The number of anilines is 1. The van der Waals surface area contributed by atoms with Gasteiger partial charge >= 0.3 is 0 Å². The number of ether oxygens (including phenoxy) is 3. The van der Waals surface area contributed by atoms with Gasteiger partial charge in [-0.2, -0.15) is 0 Å². The Kier molecular flexibility index (Phi) is 5.70. The summed E-state index contributed by atoms with van der Waals surface area (Å²) in [6.07, 6.45) is 2.30. The molecule has 2 heterocycles. The SMILES string of the molecule is CCOc1cc([C@@H]2Nc3ccc(C)cc3[C@H]3OCCC[C@H]32)cc(Cl)c1OCC. The number of benzene rings is 2. The van der Waals surface area contributed by atoms with Crippen molar-refractivity contribution >= 4 is 17.3 Å². The van der Waals surface area contributed by atoms with Crippen LogP contribution in [0.15, 0.2) is 30.3 Å². The van der Waals surface area contributed by atoms with E-state index in [2.05, 4.69) is 36.5 Å². The minimum atomic E-state index is 0.107. The van der Waals surface area contributed by atoms with Gasteiger partial charge in [0.15, 0.2) is 11.5 Å². The molecule has 2 aromatic rings. The van der Waals surface area contributed by atoms with Crippen molar-refractivity contribution in [3.05, 3.63) is 52.0 Å². The summed E-state index contributed by atoms with van der Waals surface area (Å²) in [6, 6.07) is 10.8. The van der Waals surface area contributed by atoms with Gasteiger partial charge in [0.2, 0.25) is 0 Å². The van der Waals surface area contributed by atoms with Crippen LogP contribution in [0.1, 0.15) is 55.5 Å². The van der Waals surface area contributed by atoms with Gasteiger partial charge in [-0.15, -0.1) is 0 Å². The predicted molar refractivity (Wildman–Crippen MR) is 113 cm³/mol. The van der Waals surface area contributed by atoms with E-state index in [1.54, 1.807) is 0 Å². The minimum absolute atomic E-state index is 0.107. The normalized spacial score (nSPS) is 23.4. The molecule has 0 bridgehead atoms. The molecule has 0 spiro atoms. The van der Waals surface area contributed by atoms with Crippen LogP contribution in [0, 0.1) is 12.8 Å². The van der Waals surface area contributed by atoms with Crippen molar-refractivity contribution in [1.29, 1.82) is 0 Å². The number of hydrogen-bond donors (Lipinski definition) is 1. The lowest BCUT2D eigenvalue weighted by molar-refractivity contribution is -0.0381. The zero-order valence-corrected chi connectivity index (χ0v) is 17.5. The fraction of sp³-hybridized carbons (Fsp3) is 0.478. The molecule has 0 aromatic heterocycles. The fourth-order valence-corrected chi connectivity index (χ4v) is 4.71. The van der Waals surface area contributed by atoms with Gasteiger partial charge in [-0.25, -0.2) is 0 Å². The molecule has 150 valence electrons. The van der Waals surface area contributed by atoms with Crippen molar-refractivity contribution in [1.82, 2.24) is 0 Å². The van der Waals surface area contributed by atoms with Gasteiger partial charge in [-0.1, -0.05) is 29.3 Å². The van der Waals surface area contributed by atoms with E-state index in [1.807, 2.05) is 19.9 Å². The number of rotatable bonds is 5. The van der Waals surface area contributed by atoms with E-state index in [9.17, 15) is 0 Å². The van der Waals surface area contributed by atoms with Gasteiger partial charge in [0, 0.05) is 23.8 Å². The van der Waals surface area contributed by atoms with Crippen LogP contribution < -0.4 is 14.8 Å². The number of hydrogen-bond acceptors (Lipinski definition) is 4. The summed E-state index contributed by atoms with van der Waals surface area (Å²) in [5.74, 6) is 1.68. The van der Waals surface area contributed by atoms with E-state index in [-0.39, 0.29) is 12.1 Å². The van der Waals surface area contributed by atoms with Crippen molar-refractivity contribution in [2.75, 3.05) is 25.1 Å². The lowest BCUT2D eigenvalue weighted by Crippen LogP contribution is -2.36. The molecular weight excluding hydrogens is 374 g/mol. The first kappa shape index (κ1) is 19.4. The van der Waals surface area contributed by atoms with Crippen LogP contribution in [0.3, 0.4) is 0 Å². The summed E-state index contributed by atoms with van der Waals surface area (Å²) >= 11 is 6.60. The molecule has 2 aliphatic heterocycles. The quantitative estimate of drug-likeness (QED) is 0.658. The predicted octanol–water partition coefficient (Wildman–Crippen LogP) is 6.08. The molecule has 4 nitrogen and oxygen atoms in total. The van der Waals surface area contributed by atoms with E-state index in [4.69, 9.17) is 25.8 Å². The van der Waals surface area contributed by atoms with E-state index in [0.717, 1.165) is 30.7 Å². The number of halogens is 1. The van der Waals surface area contributed by atoms with Crippen LogP contribution in [0.5, 0.6) is 11.5 Å². The van der Waals surface area contributed by atoms with Crippen LogP contribution in [0.2, 0.25) is 5.02 Å². The van der Waals surface area contributed by atoms with E-state index in [0.29, 0.717) is 35.7 Å². The Labute approximate surface area is 172 Å². The van der Waals surface area contributed by atoms with Crippen LogP contribution in [-0.4, -0.2) is 19.8 Å². The van der Waals surface area contributed by atoms with Gasteiger partial charge in [0.1, 0.15) is 0 Å². The smallest absolute Gasteiger partial charge is 0.179 e. The molecule has 0 radical (unpaired) electrons. The molecule has 2 aliphatic rings. The third-order valence-corrected chi connectivity index (χ3v) is 5.88. The Hall–Kier alpha value is -1.91. The topological polar surface area (TPSA) is 39.7 Å². The third-order valence-electron chi connectivity index (χ3n) is 5.60. The highest BCUT2D eigenvalue weighted by molar-refractivity contribution is 6.32. The maximum Gasteiger partial charge on any atom is 0.179 e. The molecule has 0 aliphatic carbocycles. The molecule has 2 aromatic carbocycles. The zero-order valence-electron chi connectivity index (χ0n) is 16.8. The molecule has 3 atom stereocenters. The maximum absolute atomic E-state index is 6.60. The van der Waals surface area contributed by atoms with Gasteiger partial charge in [-0.3, -0.25) is 0 Å². The number of nitrogens with one attached hydrogen (secondary N) is 1. The van der Waals surface area contributed by atoms with Crippen LogP contribution in [0.25, 0.3) is 0 Å². The molecule has 0 unspecified atom stereocenters. The molecule has 5 heteroatoms. The fourth-order valence-electron chi connectivity index (χ4n) is 4.44. The second kappa shape index (κ2) is 8.22. The van der Waals surface area contributed by atoms with E-state index >= 15 is 0 Å². The van der Waals surface area contributed by atoms with Gasteiger partial charge < -0.3 is 19.5 Å². The Bertz CT molecular complexity index is 854.